The highest BCUT2D eigenvalue weighted by Crippen LogP contribution is 2.18. The lowest BCUT2D eigenvalue weighted by atomic mass is 10.1. The van der Waals surface area contributed by atoms with Crippen LogP contribution in [0.5, 0.6) is 0 Å². The van der Waals surface area contributed by atoms with Crippen LogP contribution in [0.3, 0.4) is 0 Å². The first-order valence-electron chi connectivity index (χ1n) is 5.62. The third kappa shape index (κ3) is 2.99. The third-order valence-corrected chi connectivity index (χ3v) is 3.28. The van der Waals surface area contributed by atoms with Crippen molar-refractivity contribution in [3.63, 3.8) is 0 Å². The van der Waals surface area contributed by atoms with Gasteiger partial charge in [-0.3, -0.25) is 0 Å². The molecule has 0 aliphatic heterocycles. The smallest absolute Gasteiger partial charge is 0.149 e. The zero-order valence-corrected chi connectivity index (χ0v) is 10.9. The van der Waals surface area contributed by atoms with E-state index in [4.69, 9.17) is 11.0 Å². The minimum absolute atomic E-state index is 0.238. The maximum Gasteiger partial charge on any atom is 0.149 e. The molecule has 0 fully saturated rings. The van der Waals surface area contributed by atoms with E-state index in [1.54, 1.807) is 17.4 Å². The van der Waals surface area contributed by atoms with Gasteiger partial charge in [-0.05, 0) is 41.8 Å². The molecule has 0 amide bonds. The van der Waals surface area contributed by atoms with Gasteiger partial charge in [0.25, 0.3) is 0 Å². The molecule has 0 aromatic carbocycles. The predicted molar refractivity (Wildman–Crippen MR) is 74.5 cm³/mol. The van der Waals surface area contributed by atoms with E-state index in [1.165, 1.54) is 11.8 Å². The van der Waals surface area contributed by atoms with E-state index in [1.807, 2.05) is 6.07 Å². The second-order valence-corrected chi connectivity index (χ2v) is 4.93. The van der Waals surface area contributed by atoms with Crippen molar-refractivity contribution < 1.29 is 0 Å². The van der Waals surface area contributed by atoms with Gasteiger partial charge in [-0.15, -0.1) is 0 Å². The van der Waals surface area contributed by atoms with E-state index in [-0.39, 0.29) is 6.04 Å². The minimum Gasteiger partial charge on any atom is -0.396 e. The number of nitrogens with two attached hydrogens (primary N) is 1. The summed E-state index contributed by atoms with van der Waals surface area (Å²) in [5.74, 6) is 0.636. The average Bonchev–Trinajstić information content (AvgIpc) is 2.84. The summed E-state index contributed by atoms with van der Waals surface area (Å²) in [7, 11) is 0. The van der Waals surface area contributed by atoms with Crippen molar-refractivity contribution in [2.75, 3.05) is 11.1 Å². The first-order chi connectivity index (χ1) is 8.69. The average molecular weight is 258 g/mol. The van der Waals surface area contributed by atoms with Gasteiger partial charge in [-0.25, -0.2) is 4.98 Å². The van der Waals surface area contributed by atoms with Gasteiger partial charge >= 0.3 is 0 Å². The molecular formula is C13H14N4S. The molecule has 2 aromatic heterocycles. The van der Waals surface area contributed by atoms with E-state index >= 15 is 0 Å². The lowest BCUT2D eigenvalue weighted by Crippen LogP contribution is -2.19. The molecule has 92 valence electrons. The Hall–Kier alpha value is -2.06. The standard InChI is InChI=1S/C13H14N4S/c1-9(4-10-2-3-18-8-10)17-13-12(15)5-11(6-14)7-16-13/h2-3,5,7-9H,4,15H2,1H3,(H,16,17). The van der Waals surface area contributed by atoms with Gasteiger partial charge in [-0.1, -0.05) is 0 Å². The third-order valence-electron chi connectivity index (χ3n) is 2.55. The number of nitriles is 1. The Balaban J connectivity index is 2.03. The van der Waals surface area contributed by atoms with Crippen LogP contribution in [0.2, 0.25) is 0 Å². The first-order valence-corrected chi connectivity index (χ1v) is 6.56. The molecule has 1 atom stereocenters. The second kappa shape index (κ2) is 5.52. The highest BCUT2D eigenvalue weighted by molar-refractivity contribution is 7.07. The molecule has 1 unspecified atom stereocenters. The maximum atomic E-state index is 8.74. The van der Waals surface area contributed by atoms with Crippen LogP contribution in [-0.2, 0) is 6.42 Å². The summed E-state index contributed by atoms with van der Waals surface area (Å²) in [5, 5.41) is 16.2. The summed E-state index contributed by atoms with van der Waals surface area (Å²) >= 11 is 1.69. The Bertz CT molecular complexity index is 557. The molecule has 3 N–H and O–H groups in total. The molecule has 2 rings (SSSR count). The number of pyridine rings is 1. The van der Waals surface area contributed by atoms with Crippen molar-refractivity contribution in [2.24, 2.45) is 0 Å². The van der Waals surface area contributed by atoms with Crippen molar-refractivity contribution >= 4 is 22.8 Å². The summed E-state index contributed by atoms with van der Waals surface area (Å²) in [5.41, 5.74) is 8.12. The summed E-state index contributed by atoms with van der Waals surface area (Å²) in [6.07, 6.45) is 2.45. The van der Waals surface area contributed by atoms with Crippen LogP contribution in [0, 0.1) is 11.3 Å². The number of aromatic nitrogens is 1. The molecule has 0 saturated carbocycles. The largest absolute Gasteiger partial charge is 0.396 e. The number of nitrogens with one attached hydrogen (secondary N) is 1. The number of thiophene rings is 1. The molecule has 0 saturated heterocycles. The Morgan fingerprint density at radius 3 is 3.06 bits per heavy atom. The fourth-order valence-electron chi connectivity index (χ4n) is 1.71. The van der Waals surface area contributed by atoms with Gasteiger partial charge in [0.15, 0.2) is 0 Å². The molecule has 4 nitrogen and oxygen atoms in total. The number of hydrogen-bond donors (Lipinski definition) is 2. The molecule has 2 heterocycles. The number of rotatable bonds is 4. The first kappa shape index (κ1) is 12.4. The van der Waals surface area contributed by atoms with Gasteiger partial charge < -0.3 is 11.1 Å². The summed E-state index contributed by atoms with van der Waals surface area (Å²) < 4.78 is 0. The maximum absolute atomic E-state index is 8.74. The van der Waals surface area contributed by atoms with Crippen molar-refractivity contribution in [2.45, 2.75) is 19.4 Å². The molecular weight excluding hydrogens is 244 g/mol. The minimum atomic E-state index is 0.238. The van der Waals surface area contributed by atoms with E-state index in [0.29, 0.717) is 17.1 Å². The molecule has 18 heavy (non-hydrogen) atoms. The van der Waals surface area contributed by atoms with Gasteiger partial charge in [0.05, 0.1) is 11.3 Å². The molecule has 5 heteroatoms. The van der Waals surface area contributed by atoms with Gasteiger partial charge in [0.2, 0.25) is 0 Å². The number of anilines is 2. The van der Waals surface area contributed by atoms with Crippen molar-refractivity contribution in [3.8, 4) is 6.07 Å². The summed E-state index contributed by atoms with van der Waals surface area (Å²) in [4.78, 5) is 4.16. The molecule has 0 aliphatic rings. The van der Waals surface area contributed by atoms with Crippen LogP contribution in [-0.4, -0.2) is 11.0 Å². The topological polar surface area (TPSA) is 74.7 Å². The van der Waals surface area contributed by atoms with Crippen molar-refractivity contribution in [3.05, 3.63) is 40.2 Å². The SMILES string of the molecule is CC(Cc1ccsc1)Nc1ncc(C#N)cc1N. The van der Waals surface area contributed by atoms with Crippen molar-refractivity contribution in [1.82, 2.24) is 4.98 Å². The molecule has 0 radical (unpaired) electrons. The second-order valence-electron chi connectivity index (χ2n) is 4.15. The van der Waals surface area contributed by atoms with Gasteiger partial charge in [0, 0.05) is 12.2 Å². The van der Waals surface area contributed by atoms with E-state index in [0.717, 1.165) is 6.42 Å². The van der Waals surface area contributed by atoms with Crippen LogP contribution >= 0.6 is 11.3 Å². The van der Waals surface area contributed by atoms with Crippen LogP contribution < -0.4 is 11.1 Å². The molecule has 2 aromatic rings. The highest BCUT2D eigenvalue weighted by atomic mass is 32.1. The fourth-order valence-corrected chi connectivity index (χ4v) is 2.39. The summed E-state index contributed by atoms with van der Waals surface area (Å²) in [6.45, 7) is 2.08. The van der Waals surface area contributed by atoms with E-state index < -0.39 is 0 Å². The monoisotopic (exact) mass is 258 g/mol. The molecule has 0 spiro atoms. The molecule has 0 aliphatic carbocycles. The normalized spacial score (nSPS) is 11.8. The quantitative estimate of drug-likeness (QED) is 0.884. The lowest BCUT2D eigenvalue weighted by Gasteiger charge is -2.15. The molecule has 0 bridgehead atoms. The van der Waals surface area contributed by atoms with Gasteiger partial charge in [0.1, 0.15) is 11.9 Å². The number of nitrogen functional groups attached to an aromatic ring is 1. The van der Waals surface area contributed by atoms with Crippen molar-refractivity contribution in [1.29, 1.82) is 5.26 Å². The van der Waals surface area contributed by atoms with E-state index in [9.17, 15) is 0 Å². The lowest BCUT2D eigenvalue weighted by molar-refractivity contribution is 0.787. The highest BCUT2D eigenvalue weighted by Gasteiger charge is 2.08. The fraction of sp³-hybridized carbons (Fsp3) is 0.231. The Morgan fingerprint density at radius 2 is 2.44 bits per heavy atom. The zero-order chi connectivity index (χ0) is 13.0. The van der Waals surface area contributed by atoms with Crippen LogP contribution in [0.25, 0.3) is 0 Å². The van der Waals surface area contributed by atoms with Crippen LogP contribution in [0.4, 0.5) is 11.5 Å². The van der Waals surface area contributed by atoms with Gasteiger partial charge in [-0.2, -0.15) is 16.6 Å². The van der Waals surface area contributed by atoms with Crippen LogP contribution in [0.15, 0.2) is 29.1 Å². The Labute approximate surface area is 110 Å². The number of hydrogen-bond acceptors (Lipinski definition) is 5. The zero-order valence-electron chi connectivity index (χ0n) is 10.1. The number of nitrogens with zero attached hydrogens (tertiary/aromatic N) is 2. The van der Waals surface area contributed by atoms with Crippen LogP contribution in [0.1, 0.15) is 18.1 Å². The Kier molecular flexibility index (Phi) is 3.80. The predicted octanol–water partition coefficient (Wildman–Crippen LogP) is 2.64. The van der Waals surface area contributed by atoms with E-state index in [2.05, 4.69) is 34.1 Å². The Morgan fingerprint density at radius 1 is 1.61 bits per heavy atom. The summed E-state index contributed by atoms with van der Waals surface area (Å²) in [6, 6.07) is 6.00.